The minimum Gasteiger partial charge on any atom is -0.462 e. The molecule has 0 saturated carbocycles. The lowest BCUT2D eigenvalue weighted by Gasteiger charge is -2.07. The number of carbonyl (C=O) groups excluding carboxylic acids is 1. The third kappa shape index (κ3) is 5.85. The van der Waals surface area contributed by atoms with Gasteiger partial charge in [-0.15, -0.1) is 11.3 Å². The minimum absolute atomic E-state index is 0.305. The number of ether oxygens (including phenoxy) is 2. The van der Waals surface area contributed by atoms with Gasteiger partial charge in [0, 0.05) is 13.0 Å². The van der Waals surface area contributed by atoms with Crippen LogP contribution in [0.1, 0.15) is 46.2 Å². The first kappa shape index (κ1) is 19.9. The molecule has 0 spiro atoms. The van der Waals surface area contributed by atoms with Gasteiger partial charge in [0.1, 0.15) is 11.5 Å². The third-order valence-electron chi connectivity index (χ3n) is 3.93. The van der Waals surface area contributed by atoms with E-state index in [0.29, 0.717) is 37.4 Å². The third-order valence-corrected chi connectivity index (χ3v) is 4.72. The second kappa shape index (κ2) is 10.5. The predicted octanol–water partition coefficient (Wildman–Crippen LogP) is 5.26. The quantitative estimate of drug-likeness (QED) is 0.297. The van der Waals surface area contributed by atoms with Crippen LogP contribution >= 0.6 is 11.3 Å². The first-order chi connectivity index (χ1) is 13.8. The minimum atomic E-state index is -0.392. The highest BCUT2D eigenvalue weighted by atomic mass is 32.1. The van der Waals surface area contributed by atoms with Crippen molar-refractivity contribution in [1.82, 2.24) is 0 Å². The molecule has 0 N–H and O–H groups in total. The fourth-order valence-electron chi connectivity index (χ4n) is 2.59. The summed E-state index contributed by atoms with van der Waals surface area (Å²) in [7, 11) is 0. The number of hydrogen-bond acceptors (Lipinski definition) is 5. The van der Waals surface area contributed by atoms with Gasteiger partial charge in [-0.25, -0.2) is 4.79 Å². The molecule has 1 atom stereocenters. The van der Waals surface area contributed by atoms with Crippen LogP contribution in [0.15, 0.2) is 64.4 Å². The summed E-state index contributed by atoms with van der Waals surface area (Å²) in [6, 6.07) is 16.8. The van der Waals surface area contributed by atoms with Crippen molar-refractivity contribution in [2.24, 2.45) is 0 Å². The zero-order valence-corrected chi connectivity index (χ0v) is 16.5. The molecule has 144 valence electrons. The van der Waals surface area contributed by atoms with Crippen LogP contribution in [0.3, 0.4) is 0 Å². The molecule has 0 amide bonds. The van der Waals surface area contributed by atoms with Crippen LogP contribution in [0.5, 0.6) is 0 Å². The van der Waals surface area contributed by atoms with E-state index in [1.54, 1.807) is 23.5 Å². The molecule has 5 heteroatoms. The molecule has 0 fully saturated rings. The summed E-state index contributed by atoms with van der Waals surface area (Å²) in [5.74, 6) is 7.47. The molecular formula is C23H22O4S. The van der Waals surface area contributed by atoms with Crippen molar-refractivity contribution in [3.05, 3.63) is 81.9 Å². The van der Waals surface area contributed by atoms with Crippen molar-refractivity contribution < 1.29 is 18.7 Å². The Morgan fingerprint density at radius 3 is 2.75 bits per heavy atom. The zero-order chi connectivity index (χ0) is 19.6. The zero-order valence-electron chi connectivity index (χ0n) is 15.7. The Morgan fingerprint density at radius 2 is 2.00 bits per heavy atom. The maximum absolute atomic E-state index is 11.9. The molecule has 0 radical (unpaired) electrons. The normalized spacial score (nSPS) is 11.5. The molecule has 0 aliphatic heterocycles. The molecule has 0 bridgehead atoms. The monoisotopic (exact) mass is 394 g/mol. The molecule has 1 aromatic carbocycles. The molecule has 3 aromatic rings. The Hall–Kier alpha value is -2.81. The highest BCUT2D eigenvalue weighted by Gasteiger charge is 2.14. The first-order valence-corrected chi connectivity index (χ1v) is 10.1. The Bertz CT molecular complexity index is 916. The van der Waals surface area contributed by atoms with E-state index in [0.717, 1.165) is 10.6 Å². The fraction of sp³-hybridized carbons (Fsp3) is 0.261. The number of esters is 1. The lowest BCUT2D eigenvalue weighted by molar-refractivity contribution is 0.0498. The van der Waals surface area contributed by atoms with Gasteiger partial charge in [-0.05, 0) is 49.1 Å². The summed E-state index contributed by atoms with van der Waals surface area (Å²) in [6.45, 7) is 2.83. The van der Waals surface area contributed by atoms with Gasteiger partial charge >= 0.3 is 5.97 Å². The second-order valence-electron chi connectivity index (χ2n) is 5.99. The maximum Gasteiger partial charge on any atom is 0.338 e. The lowest BCUT2D eigenvalue weighted by atomic mass is 10.2. The Morgan fingerprint density at radius 1 is 1.14 bits per heavy atom. The maximum atomic E-state index is 11.9. The number of carbonyl (C=O) groups is 1. The number of rotatable bonds is 8. The van der Waals surface area contributed by atoms with Crippen LogP contribution in [-0.2, 0) is 15.9 Å². The highest BCUT2D eigenvalue weighted by molar-refractivity contribution is 7.10. The van der Waals surface area contributed by atoms with Gasteiger partial charge in [0.15, 0.2) is 6.10 Å². The van der Waals surface area contributed by atoms with Gasteiger partial charge in [0.05, 0.1) is 17.0 Å². The van der Waals surface area contributed by atoms with Gasteiger partial charge in [-0.2, -0.15) is 0 Å². The summed E-state index contributed by atoms with van der Waals surface area (Å²) < 4.78 is 16.9. The van der Waals surface area contributed by atoms with E-state index in [2.05, 4.69) is 11.8 Å². The summed E-state index contributed by atoms with van der Waals surface area (Å²) in [6.07, 6.45) is 0.974. The molecule has 3 rings (SSSR count). The lowest BCUT2D eigenvalue weighted by Crippen LogP contribution is -2.06. The molecule has 0 aliphatic rings. The van der Waals surface area contributed by atoms with Gasteiger partial charge < -0.3 is 13.9 Å². The standard InChI is InChI=1S/C23H22O4S/c1-2-25-21(15-13-20-11-7-17-28-20)22-14-12-19(27-22)10-6-16-26-23(24)18-8-4-3-5-9-18/h3-5,7-9,11-12,14,17,21H,2,6,10,16H2,1H3. The molecule has 2 heterocycles. The van der Waals surface area contributed by atoms with E-state index in [9.17, 15) is 4.79 Å². The number of hydrogen-bond donors (Lipinski definition) is 0. The molecular weight excluding hydrogens is 372 g/mol. The Balaban J connectivity index is 1.50. The van der Waals surface area contributed by atoms with Crippen LogP contribution in [-0.4, -0.2) is 19.2 Å². The molecule has 28 heavy (non-hydrogen) atoms. The SMILES string of the molecule is CCOC(C#Cc1cccs1)c1ccc(CCCOC(=O)c2ccccc2)o1. The van der Waals surface area contributed by atoms with Crippen molar-refractivity contribution in [3.8, 4) is 11.8 Å². The fourth-order valence-corrected chi connectivity index (χ4v) is 3.17. The van der Waals surface area contributed by atoms with Crippen molar-refractivity contribution in [2.45, 2.75) is 25.9 Å². The number of aryl methyl sites for hydroxylation is 1. The average molecular weight is 394 g/mol. The van der Waals surface area contributed by atoms with Gasteiger partial charge in [0.2, 0.25) is 0 Å². The topological polar surface area (TPSA) is 48.7 Å². The van der Waals surface area contributed by atoms with Crippen LogP contribution < -0.4 is 0 Å². The van der Waals surface area contributed by atoms with E-state index >= 15 is 0 Å². The molecule has 2 aromatic heterocycles. The Labute approximate surface area is 169 Å². The van der Waals surface area contributed by atoms with E-state index in [-0.39, 0.29) is 5.97 Å². The van der Waals surface area contributed by atoms with E-state index in [4.69, 9.17) is 13.9 Å². The molecule has 0 aliphatic carbocycles. The Kier molecular flexibility index (Phi) is 7.48. The van der Waals surface area contributed by atoms with E-state index < -0.39 is 6.10 Å². The number of thiophene rings is 1. The van der Waals surface area contributed by atoms with Gasteiger partial charge in [0.25, 0.3) is 0 Å². The molecule has 0 saturated heterocycles. The summed E-state index contributed by atoms with van der Waals surface area (Å²) in [5, 5.41) is 2.00. The van der Waals surface area contributed by atoms with Crippen LogP contribution in [0, 0.1) is 11.8 Å². The van der Waals surface area contributed by atoms with Crippen molar-refractivity contribution in [3.63, 3.8) is 0 Å². The summed E-state index contributed by atoms with van der Waals surface area (Å²) in [5.41, 5.74) is 0.562. The highest BCUT2D eigenvalue weighted by Crippen LogP contribution is 2.21. The summed E-state index contributed by atoms with van der Waals surface area (Å²) in [4.78, 5) is 12.9. The van der Waals surface area contributed by atoms with Gasteiger partial charge in [-0.3, -0.25) is 0 Å². The predicted molar refractivity (Wildman–Crippen MR) is 109 cm³/mol. The van der Waals surface area contributed by atoms with Gasteiger partial charge in [-0.1, -0.05) is 36.1 Å². The second-order valence-corrected chi connectivity index (χ2v) is 6.94. The van der Waals surface area contributed by atoms with Crippen molar-refractivity contribution in [1.29, 1.82) is 0 Å². The largest absolute Gasteiger partial charge is 0.462 e. The average Bonchev–Trinajstić information content (AvgIpc) is 3.41. The first-order valence-electron chi connectivity index (χ1n) is 9.23. The van der Waals surface area contributed by atoms with Crippen LogP contribution in [0.4, 0.5) is 0 Å². The number of benzene rings is 1. The molecule has 1 unspecified atom stereocenters. The van der Waals surface area contributed by atoms with Crippen LogP contribution in [0.25, 0.3) is 0 Å². The smallest absolute Gasteiger partial charge is 0.338 e. The number of furan rings is 1. The van der Waals surface area contributed by atoms with Crippen molar-refractivity contribution in [2.75, 3.05) is 13.2 Å². The van der Waals surface area contributed by atoms with E-state index in [1.165, 1.54) is 0 Å². The van der Waals surface area contributed by atoms with Crippen LogP contribution in [0.2, 0.25) is 0 Å². The van der Waals surface area contributed by atoms with Crippen molar-refractivity contribution >= 4 is 17.3 Å². The van der Waals surface area contributed by atoms with E-state index in [1.807, 2.05) is 54.8 Å². The molecule has 4 nitrogen and oxygen atoms in total. The summed E-state index contributed by atoms with van der Waals surface area (Å²) >= 11 is 1.60.